The quantitative estimate of drug-likeness (QED) is 0.708. The molecule has 2 aromatic carbocycles. The minimum Gasteiger partial charge on any atom is -0.447 e. The molecule has 134 valence electrons. The van der Waals surface area contributed by atoms with Crippen molar-refractivity contribution in [1.82, 2.24) is 14.1 Å². The monoisotopic (exact) mass is 378 g/mol. The highest BCUT2D eigenvalue weighted by atomic mass is 32.1. The summed E-state index contributed by atoms with van der Waals surface area (Å²) < 4.78 is 13.2. The summed E-state index contributed by atoms with van der Waals surface area (Å²) in [6.07, 6.45) is -0.330. The van der Waals surface area contributed by atoms with Gasteiger partial charge in [-0.2, -0.15) is 8.75 Å². The Hall–Kier alpha value is -3.44. The molecule has 1 N–H and O–H groups in total. The summed E-state index contributed by atoms with van der Waals surface area (Å²) >= 11 is 1.12. The predicted molar refractivity (Wildman–Crippen MR) is 102 cm³/mol. The van der Waals surface area contributed by atoms with E-state index in [1.165, 1.54) is 0 Å². The first-order chi connectivity index (χ1) is 13.2. The lowest BCUT2D eigenvalue weighted by molar-refractivity contribution is 0.0958. The van der Waals surface area contributed by atoms with Gasteiger partial charge in [0.05, 0.1) is 24.8 Å². The number of anilines is 1. The molecule has 4 rings (SSSR count). The van der Waals surface area contributed by atoms with Crippen LogP contribution in [0.25, 0.3) is 11.0 Å². The molecule has 1 fully saturated rings. The van der Waals surface area contributed by atoms with Gasteiger partial charge in [0.2, 0.25) is 0 Å². The number of carbonyl (C=O) groups excluding carboxylic acids is 2. The van der Waals surface area contributed by atoms with Crippen LogP contribution in [0.5, 0.6) is 0 Å². The second-order valence-electron chi connectivity index (χ2n) is 5.77. The SMILES string of the molecule is O=C(NCC#Cc1ccc(N2CCOC2=O)cc1)c1ccc2nsnc2c1. The summed E-state index contributed by atoms with van der Waals surface area (Å²) in [5, 5.41) is 2.76. The summed E-state index contributed by atoms with van der Waals surface area (Å²) in [4.78, 5) is 25.3. The molecule has 1 saturated heterocycles. The Bertz CT molecular complexity index is 1070. The van der Waals surface area contributed by atoms with Crippen LogP contribution in [0.3, 0.4) is 0 Å². The largest absolute Gasteiger partial charge is 0.447 e. The van der Waals surface area contributed by atoms with E-state index in [9.17, 15) is 9.59 Å². The van der Waals surface area contributed by atoms with Crippen LogP contribution >= 0.6 is 11.7 Å². The van der Waals surface area contributed by atoms with Gasteiger partial charge in [0.25, 0.3) is 5.91 Å². The Balaban J connectivity index is 1.34. The highest BCUT2D eigenvalue weighted by Gasteiger charge is 2.23. The van der Waals surface area contributed by atoms with E-state index >= 15 is 0 Å². The summed E-state index contributed by atoms with van der Waals surface area (Å²) in [7, 11) is 0. The van der Waals surface area contributed by atoms with Gasteiger partial charge in [-0.3, -0.25) is 9.69 Å². The van der Waals surface area contributed by atoms with Gasteiger partial charge in [-0.15, -0.1) is 0 Å². The lowest BCUT2D eigenvalue weighted by atomic mass is 10.2. The molecule has 0 saturated carbocycles. The number of benzene rings is 2. The second-order valence-corrected chi connectivity index (χ2v) is 6.29. The van der Waals surface area contributed by atoms with Crippen LogP contribution in [-0.4, -0.2) is 40.4 Å². The van der Waals surface area contributed by atoms with Crippen molar-refractivity contribution in [3.05, 3.63) is 53.6 Å². The number of fused-ring (bicyclic) bond motifs is 1. The summed E-state index contributed by atoms with van der Waals surface area (Å²) in [5.74, 6) is 5.70. The van der Waals surface area contributed by atoms with E-state index in [0.29, 0.717) is 24.2 Å². The zero-order chi connectivity index (χ0) is 18.6. The summed E-state index contributed by atoms with van der Waals surface area (Å²) in [6, 6.07) is 12.5. The molecule has 3 aromatic rings. The first-order valence-corrected chi connectivity index (χ1v) is 8.97. The zero-order valence-corrected chi connectivity index (χ0v) is 15.0. The molecule has 0 bridgehead atoms. The van der Waals surface area contributed by atoms with Crippen molar-refractivity contribution in [2.45, 2.75) is 0 Å². The lowest BCUT2D eigenvalue weighted by Gasteiger charge is -2.11. The Kier molecular flexibility index (Phi) is 4.68. The molecule has 7 nitrogen and oxygen atoms in total. The Morgan fingerprint density at radius 3 is 2.78 bits per heavy atom. The van der Waals surface area contributed by atoms with Crippen molar-refractivity contribution in [3.63, 3.8) is 0 Å². The van der Waals surface area contributed by atoms with Gasteiger partial charge < -0.3 is 10.1 Å². The van der Waals surface area contributed by atoms with Gasteiger partial charge in [0.1, 0.15) is 17.6 Å². The van der Waals surface area contributed by atoms with E-state index in [2.05, 4.69) is 25.9 Å². The lowest BCUT2D eigenvalue weighted by Crippen LogP contribution is -2.23. The van der Waals surface area contributed by atoms with E-state index in [-0.39, 0.29) is 18.5 Å². The highest BCUT2D eigenvalue weighted by molar-refractivity contribution is 7.00. The van der Waals surface area contributed by atoms with Gasteiger partial charge in [-0.25, -0.2) is 4.79 Å². The molecule has 0 spiro atoms. The molecule has 1 aliphatic rings. The van der Waals surface area contributed by atoms with Gasteiger partial charge in [-0.05, 0) is 42.5 Å². The number of amides is 2. The first kappa shape index (κ1) is 17.0. The summed E-state index contributed by atoms with van der Waals surface area (Å²) in [6.45, 7) is 1.19. The number of cyclic esters (lactones) is 1. The zero-order valence-electron chi connectivity index (χ0n) is 14.1. The Morgan fingerprint density at radius 2 is 2.00 bits per heavy atom. The van der Waals surface area contributed by atoms with Gasteiger partial charge in [-0.1, -0.05) is 11.8 Å². The fourth-order valence-corrected chi connectivity index (χ4v) is 3.17. The fraction of sp³-hybridized carbons (Fsp3) is 0.158. The molecule has 1 aromatic heterocycles. The summed E-state index contributed by atoms with van der Waals surface area (Å²) in [5.41, 5.74) is 3.60. The molecule has 0 unspecified atom stereocenters. The maximum absolute atomic E-state index is 12.2. The number of aromatic nitrogens is 2. The number of hydrogen-bond acceptors (Lipinski definition) is 6. The van der Waals surface area contributed by atoms with Crippen LogP contribution in [-0.2, 0) is 4.74 Å². The third-order valence-electron chi connectivity index (χ3n) is 4.03. The normalized spacial score (nSPS) is 13.2. The van der Waals surface area contributed by atoms with E-state index in [1.54, 1.807) is 23.1 Å². The number of rotatable bonds is 3. The molecule has 8 heteroatoms. The van der Waals surface area contributed by atoms with Crippen LogP contribution in [0, 0.1) is 11.8 Å². The molecule has 27 heavy (non-hydrogen) atoms. The van der Waals surface area contributed by atoms with Crippen molar-refractivity contribution in [1.29, 1.82) is 0 Å². The van der Waals surface area contributed by atoms with Gasteiger partial charge >= 0.3 is 6.09 Å². The van der Waals surface area contributed by atoms with E-state index in [1.807, 2.05) is 24.3 Å². The molecule has 2 heterocycles. The molecular weight excluding hydrogens is 364 g/mol. The number of ether oxygens (including phenoxy) is 1. The molecule has 2 amide bonds. The Morgan fingerprint density at radius 1 is 1.19 bits per heavy atom. The van der Waals surface area contributed by atoms with Crippen LogP contribution in [0.15, 0.2) is 42.5 Å². The molecular formula is C19H14N4O3S. The van der Waals surface area contributed by atoms with Crippen LogP contribution < -0.4 is 10.2 Å². The smallest absolute Gasteiger partial charge is 0.414 e. The molecule has 0 radical (unpaired) electrons. The average molecular weight is 378 g/mol. The fourth-order valence-electron chi connectivity index (χ4n) is 2.65. The van der Waals surface area contributed by atoms with Crippen molar-refractivity contribution in [2.75, 3.05) is 24.6 Å². The van der Waals surface area contributed by atoms with Crippen molar-refractivity contribution in [2.24, 2.45) is 0 Å². The van der Waals surface area contributed by atoms with Crippen molar-refractivity contribution < 1.29 is 14.3 Å². The first-order valence-electron chi connectivity index (χ1n) is 8.24. The highest BCUT2D eigenvalue weighted by Crippen LogP contribution is 2.18. The second kappa shape index (κ2) is 7.43. The molecule has 0 aliphatic carbocycles. The van der Waals surface area contributed by atoms with Crippen molar-refractivity contribution >= 4 is 40.4 Å². The van der Waals surface area contributed by atoms with Gasteiger partial charge in [0, 0.05) is 16.8 Å². The average Bonchev–Trinajstić information content (AvgIpc) is 3.33. The van der Waals surface area contributed by atoms with Crippen LogP contribution in [0.4, 0.5) is 10.5 Å². The maximum atomic E-state index is 12.2. The Labute approximate surface area is 159 Å². The number of nitrogens with zero attached hydrogens (tertiary/aromatic N) is 3. The third kappa shape index (κ3) is 3.73. The standard InChI is InChI=1S/C19H14N4O3S/c24-18(14-5-8-16-17(12-14)22-27-21-16)20-9-1-2-13-3-6-15(7-4-13)23-10-11-26-19(23)25/h3-8,12H,9-11H2,(H,20,24). The van der Waals surface area contributed by atoms with E-state index in [4.69, 9.17) is 4.74 Å². The maximum Gasteiger partial charge on any atom is 0.414 e. The number of nitrogens with one attached hydrogen (secondary N) is 1. The third-order valence-corrected chi connectivity index (χ3v) is 4.58. The van der Waals surface area contributed by atoms with E-state index < -0.39 is 0 Å². The van der Waals surface area contributed by atoms with Crippen LogP contribution in [0.2, 0.25) is 0 Å². The number of carbonyl (C=O) groups is 2. The van der Waals surface area contributed by atoms with Crippen LogP contribution in [0.1, 0.15) is 15.9 Å². The topological polar surface area (TPSA) is 84.4 Å². The predicted octanol–water partition coefficient (Wildman–Crippen LogP) is 2.43. The van der Waals surface area contributed by atoms with Crippen molar-refractivity contribution in [3.8, 4) is 11.8 Å². The van der Waals surface area contributed by atoms with Gasteiger partial charge in [0.15, 0.2) is 0 Å². The molecule has 1 aliphatic heterocycles. The number of hydrogen-bond donors (Lipinski definition) is 1. The minimum atomic E-state index is -0.330. The minimum absolute atomic E-state index is 0.206. The molecule has 0 atom stereocenters. The van der Waals surface area contributed by atoms with E-state index in [0.717, 1.165) is 28.5 Å².